The van der Waals surface area contributed by atoms with Gasteiger partial charge >= 0.3 is 0 Å². The maximum atomic E-state index is 5.34. The third-order valence-corrected chi connectivity index (χ3v) is 2.55. The van der Waals surface area contributed by atoms with Crippen LogP contribution in [0.5, 0.6) is 0 Å². The summed E-state index contributed by atoms with van der Waals surface area (Å²) in [7, 11) is 2.18. The molecule has 1 heterocycles. The highest BCUT2D eigenvalue weighted by molar-refractivity contribution is 4.73. The lowest BCUT2D eigenvalue weighted by atomic mass is 10.2. The summed E-state index contributed by atoms with van der Waals surface area (Å²) in [6.07, 6.45) is 1.19. The number of ether oxygens (including phenoxy) is 1. The number of nitrogens with one attached hydrogen (secondary N) is 1. The highest BCUT2D eigenvalue weighted by Crippen LogP contribution is 2.09. The van der Waals surface area contributed by atoms with E-state index in [1.807, 2.05) is 0 Å². The first kappa shape index (κ1) is 11.0. The zero-order valence-electron chi connectivity index (χ0n) is 9.05. The highest BCUT2D eigenvalue weighted by atomic mass is 16.5. The standard InChI is InChI=1S/C10H22N2O/c1-9(2)11-5-6-12(3)10-4-7-13-8-10/h9-11H,4-8H2,1-3H3. The van der Waals surface area contributed by atoms with E-state index in [0.29, 0.717) is 12.1 Å². The van der Waals surface area contributed by atoms with Crippen LogP contribution in [-0.4, -0.2) is 50.3 Å². The molecular formula is C10H22N2O. The molecule has 13 heavy (non-hydrogen) atoms. The van der Waals surface area contributed by atoms with Crippen molar-refractivity contribution in [3.63, 3.8) is 0 Å². The van der Waals surface area contributed by atoms with Gasteiger partial charge in [-0.1, -0.05) is 13.8 Å². The Morgan fingerprint density at radius 2 is 2.31 bits per heavy atom. The van der Waals surface area contributed by atoms with E-state index in [9.17, 15) is 0 Å². The second kappa shape index (κ2) is 5.58. The summed E-state index contributed by atoms with van der Waals surface area (Å²) in [4.78, 5) is 2.39. The van der Waals surface area contributed by atoms with Gasteiger partial charge in [-0.25, -0.2) is 0 Å². The Balaban J connectivity index is 2.06. The number of hydrogen-bond donors (Lipinski definition) is 1. The van der Waals surface area contributed by atoms with Gasteiger partial charge in [-0.05, 0) is 13.5 Å². The zero-order chi connectivity index (χ0) is 9.68. The molecule has 1 unspecified atom stereocenters. The fourth-order valence-corrected chi connectivity index (χ4v) is 1.58. The second-order valence-corrected chi connectivity index (χ2v) is 4.11. The molecule has 0 aromatic rings. The van der Waals surface area contributed by atoms with Gasteiger partial charge in [0.15, 0.2) is 0 Å². The fourth-order valence-electron chi connectivity index (χ4n) is 1.58. The van der Waals surface area contributed by atoms with E-state index >= 15 is 0 Å². The minimum atomic E-state index is 0.591. The Morgan fingerprint density at radius 1 is 1.54 bits per heavy atom. The third kappa shape index (κ3) is 4.07. The van der Waals surface area contributed by atoms with E-state index in [0.717, 1.165) is 26.3 Å². The van der Waals surface area contributed by atoms with Gasteiger partial charge in [0, 0.05) is 31.8 Å². The van der Waals surface area contributed by atoms with Crippen LogP contribution in [0.1, 0.15) is 20.3 Å². The Kier molecular flexibility index (Phi) is 4.70. The lowest BCUT2D eigenvalue weighted by Crippen LogP contribution is -2.38. The van der Waals surface area contributed by atoms with Gasteiger partial charge in [0.25, 0.3) is 0 Å². The number of rotatable bonds is 5. The first-order valence-corrected chi connectivity index (χ1v) is 5.21. The van der Waals surface area contributed by atoms with Crippen LogP contribution in [0.2, 0.25) is 0 Å². The van der Waals surface area contributed by atoms with E-state index in [4.69, 9.17) is 4.74 Å². The molecule has 1 aliphatic heterocycles. The van der Waals surface area contributed by atoms with Crippen molar-refractivity contribution in [3.05, 3.63) is 0 Å². The largest absolute Gasteiger partial charge is 0.380 e. The molecule has 1 rings (SSSR count). The van der Waals surface area contributed by atoms with E-state index in [1.165, 1.54) is 6.42 Å². The Hall–Kier alpha value is -0.120. The SMILES string of the molecule is CC(C)NCCN(C)C1CCOC1. The highest BCUT2D eigenvalue weighted by Gasteiger charge is 2.19. The van der Waals surface area contributed by atoms with Gasteiger partial charge in [-0.15, -0.1) is 0 Å². The number of likely N-dealkylation sites (N-methyl/N-ethyl adjacent to an activating group) is 1. The molecule has 0 amide bonds. The molecule has 1 atom stereocenters. The molecule has 3 nitrogen and oxygen atoms in total. The summed E-state index contributed by atoms with van der Waals surface area (Å²) in [5.74, 6) is 0. The summed E-state index contributed by atoms with van der Waals surface area (Å²) >= 11 is 0. The van der Waals surface area contributed by atoms with E-state index in [1.54, 1.807) is 0 Å². The van der Waals surface area contributed by atoms with Crippen molar-refractivity contribution >= 4 is 0 Å². The monoisotopic (exact) mass is 186 g/mol. The van der Waals surface area contributed by atoms with Crippen LogP contribution in [0, 0.1) is 0 Å². The van der Waals surface area contributed by atoms with Crippen LogP contribution in [0.25, 0.3) is 0 Å². The zero-order valence-corrected chi connectivity index (χ0v) is 9.05. The molecule has 0 bridgehead atoms. The van der Waals surface area contributed by atoms with Gasteiger partial charge in [-0.3, -0.25) is 4.90 Å². The summed E-state index contributed by atoms with van der Waals surface area (Å²) in [5, 5.41) is 3.42. The van der Waals surface area contributed by atoms with E-state index in [-0.39, 0.29) is 0 Å². The Morgan fingerprint density at radius 3 is 2.85 bits per heavy atom. The average molecular weight is 186 g/mol. The van der Waals surface area contributed by atoms with Crippen molar-refractivity contribution in [1.82, 2.24) is 10.2 Å². The van der Waals surface area contributed by atoms with Crippen LogP contribution < -0.4 is 5.32 Å². The summed E-state index contributed by atoms with van der Waals surface area (Å²) in [6, 6.07) is 1.24. The maximum absolute atomic E-state index is 5.34. The molecule has 1 aliphatic rings. The quantitative estimate of drug-likeness (QED) is 0.684. The molecule has 1 fully saturated rings. The molecule has 0 saturated carbocycles. The lowest BCUT2D eigenvalue weighted by Gasteiger charge is -2.23. The lowest BCUT2D eigenvalue weighted by molar-refractivity contribution is 0.159. The minimum absolute atomic E-state index is 0.591. The molecule has 0 aromatic carbocycles. The first-order chi connectivity index (χ1) is 6.20. The summed E-state index contributed by atoms with van der Waals surface area (Å²) in [6.45, 7) is 8.40. The molecule has 3 heteroatoms. The second-order valence-electron chi connectivity index (χ2n) is 4.11. The smallest absolute Gasteiger partial charge is 0.0622 e. The van der Waals surface area contributed by atoms with Crippen molar-refractivity contribution in [3.8, 4) is 0 Å². The number of hydrogen-bond acceptors (Lipinski definition) is 3. The molecule has 1 N–H and O–H groups in total. The first-order valence-electron chi connectivity index (χ1n) is 5.21. The third-order valence-electron chi connectivity index (χ3n) is 2.55. The van der Waals surface area contributed by atoms with Crippen LogP contribution >= 0.6 is 0 Å². The van der Waals surface area contributed by atoms with Gasteiger partial charge in [0.05, 0.1) is 6.61 Å². The molecule has 0 radical (unpaired) electrons. The molecule has 0 aromatic heterocycles. The van der Waals surface area contributed by atoms with Crippen molar-refractivity contribution in [2.45, 2.75) is 32.4 Å². The normalized spacial score (nSPS) is 23.3. The number of nitrogens with zero attached hydrogens (tertiary/aromatic N) is 1. The van der Waals surface area contributed by atoms with Crippen molar-refractivity contribution in [2.75, 3.05) is 33.4 Å². The predicted octanol–water partition coefficient (Wildman–Crippen LogP) is 0.705. The molecule has 78 valence electrons. The van der Waals surface area contributed by atoms with Crippen molar-refractivity contribution < 1.29 is 4.74 Å². The van der Waals surface area contributed by atoms with E-state index < -0.39 is 0 Å². The van der Waals surface area contributed by atoms with Crippen molar-refractivity contribution in [2.24, 2.45) is 0 Å². The Bertz CT molecular complexity index is 133. The topological polar surface area (TPSA) is 24.5 Å². The Labute approximate surface area is 81.4 Å². The molecular weight excluding hydrogens is 164 g/mol. The van der Waals surface area contributed by atoms with Gasteiger partial charge in [0.1, 0.15) is 0 Å². The van der Waals surface area contributed by atoms with E-state index in [2.05, 4.69) is 31.1 Å². The van der Waals surface area contributed by atoms with Gasteiger partial charge in [0.2, 0.25) is 0 Å². The summed E-state index contributed by atoms with van der Waals surface area (Å²) in [5.41, 5.74) is 0. The van der Waals surface area contributed by atoms with Crippen LogP contribution in [0.4, 0.5) is 0 Å². The van der Waals surface area contributed by atoms with Crippen molar-refractivity contribution in [1.29, 1.82) is 0 Å². The fraction of sp³-hybridized carbons (Fsp3) is 1.00. The maximum Gasteiger partial charge on any atom is 0.0622 e. The van der Waals surface area contributed by atoms with Crippen LogP contribution in [0.15, 0.2) is 0 Å². The molecule has 0 aliphatic carbocycles. The molecule has 0 spiro atoms. The minimum Gasteiger partial charge on any atom is -0.380 e. The summed E-state index contributed by atoms with van der Waals surface area (Å²) < 4.78 is 5.34. The van der Waals surface area contributed by atoms with Crippen LogP contribution in [0.3, 0.4) is 0 Å². The van der Waals surface area contributed by atoms with Crippen LogP contribution in [-0.2, 0) is 4.74 Å². The average Bonchev–Trinajstić information content (AvgIpc) is 2.55. The van der Waals surface area contributed by atoms with Gasteiger partial charge in [-0.2, -0.15) is 0 Å². The molecule has 1 saturated heterocycles. The van der Waals surface area contributed by atoms with Gasteiger partial charge < -0.3 is 10.1 Å². The predicted molar refractivity (Wildman–Crippen MR) is 55.0 cm³/mol.